The van der Waals surface area contributed by atoms with E-state index in [-0.39, 0.29) is 5.84 Å². The molecule has 0 saturated heterocycles. The zero-order chi connectivity index (χ0) is 9.42. The van der Waals surface area contributed by atoms with Gasteiger partial charge in [0.25, 0.3) is 0 Å². The highest BCUT2D eigenvalue weighted by Gasteiger charge is 2.08. The van der Waals surface area contributed by atoms with Crippen molar-refractivity contribution >= 4 is 22.1 Å². The van der Waals surface area contributed by atoms with E-state index in [0.29, 0.717) is 5.69 Å². The van der Waals surface area contributed by atoms with Crippen LogP contribution in [0.1, 0.15) is 10.6 Å². The number of nitrogens with zero attached hydrogens (tertiary/aromatic N) is 3. The number of nitrogens with two attached hydrogens (primary N) is 1. The van der Waals surface area contributed by atoms with E-state index in [9.17, 15) is 0 Å². The van der Waals surface area contributed by atoms with E-state index in [2.05, 4.69) is 10.1 Å². The Bertz CT molecular complexity index is 470. The second-order valence-corrected chi connectivity index (χ2v) is 3.84. The summed E-state index contributed by atoms with van der Waals surface area (Å²) in [4.78, 5) is 6.10. The van der Waals surface area contributed by atoms with E-state index in [1.807, 2.05) is 13.1 Å². The molecule has 0 radical (unpaired) electrons. The first kappa shape index (κ1) is 8.06. The smallest absolute Gasteiger partial charge is 0.194 e. The van der Waals surface area contributed by atoms with Crippen LogP contribution in [0.25, 0.3) is 4.96 Å². The minimum Gasteiger partial charge on any atom is -0.409 e. The number of oxime groups is 1. The van der Waals surface area contributed by atoms with Crippen LogP contribution < -0.4 is 5.73 Å². The van der Waals surface area contributed by atoms with Gasteiger partial charge in [0.1, 0.15) is 5.69 Å². The molecule has 0 fully saturated rings. The molecule has 0 amide bonds. The van der Waals surface area contributed by atoms with Crippen LogP contribution in [0.3, 0.4) is 0 Å². The molecule has 0 aliphatic rings. The summed E-state index contributed by atoms with van der Waals surface area (Å²) in [6.45, 7) is 1.98. The Morgan fingerprint density at radius 2 is 2.54 bits per heavy atom. The van der Waals surface area contributed by atoms with E-state index in [0.717, 1.165) is 9.84 Å². The highest BCUT2D eigenvalue weighted by atomic mass is 32.1. The summed E-state index contributed by atoms with van der Waals surface area (Å²) in [7, 11) is 0. The van der Waals surface area contributed by atoms with Gasteiger partial charge in [-0.2, -0.15) is 0 Å². The average Bonchev–Trinajstić information content (AvgIpc) is 2.61. The van der Waals surface area contributed by atoms with E-state index >= 15 is 0 Å². The topological polar surface area (TPSA) is 75.9 Å². The van der Waals surface area contributed by atoms with Gasteiger partial charge in [0, 0.05) is 11.1 Å². The number of hydrogen-bond donors (Lipinski definition) is 2. The Labute approximate surface area is 78.1 Å². The number of thiazole rings is 1. The molecule has 13 heavy (non-hydrogen) atoms. The fourth-order valence-corrected chi connectivity index (χ4v) is 1.94. The van der Waals surface area contributed by atoms with Crippen molar-refractivity contribution in [2.24, 2.45) is 10.9 Å². The summed E-state index contributed by atoms with van der Waals surface area (Å²) < 4.78 is 1.80. The van der Waals surface area contributed by atoms with Crippen molar-refractivity contribution < 1.29 is 5.21 Å². The number of hydrogen-bond acceptors (Lipinski definition) is 4. The molecule has 2 rings (SSSR count). The lowest BCUT2D eigenvalue weighted by atomic mass is 10.4. The Kier molecular flexibility index (Phi) is 1.70. The molecule has 0 saturated carbocycles. The molecule has 2 aromatic rings. The molecule has 0 aromatic carbocycles. The summed E-state index contributed by atoms with van der Waals surface area (Å²) in [6, 6.07) is 0. The lowest BCUT2D eigenvalue weighted by molar-refractivity contribution is 0.318. The fourth-order valence-electron chi connectivity index (χ4n) is 1.14. The van der Waals surface area contributed by atoms with Gasteiger partial charge >= 0.3 is 0 Å². The van der Waals surface area contributed by atoms with Gasteiger partial charge in [-0.25, -0.2) is 4.98 Å². The molecule has 0 unspecified atom stereocenters. The SMILES string of the molecule is Cc1cn2c(/C(N)=N\O)cnc2s1. The van der Waals surface area contributed by atoms with Crippen LogP contribution in [0.4, 0.5) is 0 Å². The van der Waals surface area contributed by atoms with Crippen LogP contribution >= 0.6 is 11.3 Å². The Morgan fingerprint density at radius 3 is 3.23 bits per heavy atom. The molecule has 68 valence electrons. The molecular weight excluding hydrogens is 188 g/mol. The lowest BCUT2D eigenvalue weighted by Crippen LogP contribution is -2.14. The van der Waals surface area contributed by atoms with Crippen molar-refractivity contribution in [3.05, 3.63) is 23.0 Å². The third-order valence-electron chi connectivity index (χ3n) is 1.70. The predicted molar refractivity (Wildman–Crippen MR) is 50.3 cm³/mol. The molecule has 0 aliphatic heterocycles. The number of aryl methyl sites for hydroxylation is 1. The van der Waals surface area contributed by atoms with Crippen molar-refractivity contribution in [2.45, 2.75) is 6.92 Å². The Morgan fingerprint density at radius 1 is 1.77 bits per heavy atom. The molecule has 2 aromatic heterocycles. The Hall–Kier alpha value is -1.56. The van der Waals surface area contributed by atoms with E-state index in [1.54, 1.807) is 21.9 Å². The van der Waals surface area contributed by atoms with Gasteiger partial charge in [-0.1, -0.05) is 5.16 Å². The maximum Gasteiger partial charge on any atom is 0.194 e. The van der Waals surface area contributed by atoms with Crippen LogP contribution in [0.2, 0.25) is 0 Å². The van der Waals surface area contributed by atoms with Gasteiger partial charge in [0.15, 0.2) is 10.8 Å². The third kappa shape index (κ3) is 1.15. The van der Waals surface area contributed by atoms with Gasteiger partial charge in [-0.05, 0) is 6.92 Å². The largest absolute Gasteiger partial charge is 0.409 e. The van der Waals surface area contributed by atoms with Crippen molar-refractivity contribution in [2.75, 3.05) is 0 Å². The van der Waals surface area contributed by atoms with Crippen molar-refractivity contribution in [3.8, 4) is 0 Å². The molecular formula is C7H8N4OS. The second kappa shape index (κ2) is 2.74. The molecule has 5 nitrogen and oxygen atoms in total. The maximum atomic E-state index is 8.50. The third-order valence-corrected chi connectivity index (χ3v) is 2.61. The minimum atomic E-state index is 0.0744. The van der Waals surface area contributed by atoms with Crippen LogP contribution in [-0.4, -0.2) is 20.4 Å². The van der Waals surface area contributed by atoms with E-state index in [4.69, 9.17) is 10.9 Å². The molecule has 2 heterocycles. The van der Waals surface area contributed by atoms with E-state index < -0.39 is 0 Å². The first-order chi connectivity index (χ1) is 6.22. The van der Waals surface area contributed by atoms with Gasteiger partial charge < -0.3 is 10.9 Å². The first-order valence-corrected chi connectivity index (χ1v) is 4.45. The quantitative estimate of drug-likeness (QED) is 0.306. The highest BCUT2D eigenvalue weighted by molar-refractivity contribution is 7.17. The number of fused-ring (bicyclic) bond motifs is 1. The minimum absolute atomic E-state index is 0.0744. The number of imidazole rings is 1. The summed E-state index contributed by atoms with van der Waals surface area (Å²) in [5, 5.41) is 11.4. The highest BCUT2D eigenvalue weighted by Crippen LogP contribution is 2.17. The molecule has 3 N–H and O–H groups in total. The number of amidine groups is 1. The molecule has 0 bridgehead atoms. The van der Waals surface area contributed by atoms with Gasteiger partial charge in [-0.3, -0.25) is 4.40 Å². The van der Waals surface area contributed by atoms with Crippen molar-refractivity contribution in [1.29, 1.82) is 0 Å². The van der Waals surface area contributed by atoms with Crippen LogP contribution in [0.15, 0.2) is 17.5 Å². The summed E-state index contributed by atoms with van der Waals surface area (Å²) >= 11 is 1.56. The van der Waals surface area contributed by atoms with Gasteiger partial charge in [-0.15, -0.1) is 11.3 Å². The first-order valence-electron chi connectivity index (χ1n) is 3.64. The van der Waals surface area contributed by atoms with Crippen molar-refractivity contribution in [3.63, 3.8) is 0 Å². The van der Waals surface area contributed by atoms with Crippen LogP contribution in [0.5, 0.6) is 0 Å². The average molecular weight is 196 g/mol. The van der Waals surface area contributed by atoms with Crippen LogP contribution in [0, 0.1) is 6.92 Å². The summed E-state index contributed by atoms with van der Waals surface area (Å²) in [5.74, 6) is 0.0744. The monoisotopic (exact) mass is 196 g/mol. The second-order valence-electron chi connectivity index (χ2n) is 2.62. The standard InChI is InChI=1S/C7H8N4OS/c1-4-3-11-5(6(8)10-12)2-9-7(11)13-4/h2-3,12H,1H3,(H2,8,10). The fraction of sp³-hybridized carbons (Fsp3) is 0.143. The van der Waals surface area contributed by atoms with Crippen molar-refractivity contribution in [1.82, 2.24) is 9.38 Å². The van der Waals surface area contributed by atoms with Gasteiger partial charge in [0.05, 0.1) is 6.20 Å². The summed E-state index contributed by atoms with van der Waals surface area (Å²) in [5.41, 5.74) is 6.07. The number of aromatic nitrogens is 2. The normalized spacial score (nSPS) is 12.5. The van der Waals surface area contributed by atoms with E-state index in [1.165, 1.54) is 0 Å². The molecule has 0 atom stereocenters. The molecule has 0 aliphatic carbocycles. The lowest BCUT2D eigenvalue weighted by Gasteiger charge is -1.93. The maximum absolute atomic E-state index is 8.50. The number of rotatable bonds is 1. The van der Waals surface area contributed by atoms with Crippen LogP contribution in [-0.2, 0) is 0 Å². The molecule has 0 spiro atoms. The molecule has 6 heteroatoms. The Balaban J connectivity index is 2.69. The summed E-state index contributed by atoms with van der Waals surface area (Å²) in [6.07, 6.45) is 3.49. The zero-order valence-corrected chi connectivity index (χ0v) is 7.75. The van der Waals surface area contributed by atoms with Gasteiger partial charge in [0.2, 0.25) is 0 Å². The predicted octanol–water partition coefficient (Wildman–Crippen LogP) is 0.799. The zero-order valence-electron chi connectivity index (χ0n) is 6.93.